The number of anilines is 1. The van der Waals surface area contributed by atoms with E-state index in [1.807, 2.05) is 0 Å². The van der Waals surface area contributed by atoms with E-state index in [9.17, 15) is 4.39 Å². The van der Waals surface area contributed by atoms with Crippen LogP contribution >= 0.6 is 11.8 Å². The Balaban J connectivity index is 1.96. The first-order valence-electron chi connectivity index (χ1n) is 5.41. The lowest BCUT2D eigenvalue weighted by Crippen LogP contribution is -2.11. The highest BCUT2D eigenvalue weighted by Gasteiger charge is 2.16. The Labute approximate surface area is 98.2 Å². The molecule has 1 aliphatic rings. The van der Waals surface area contributed by atoms with Crippen LogP contribution in [0.5, 0.6) is 0 Å². The zero-order valence-corrected chi connectivity index (χ0v) is 9.76. The van der Waals surface area contributed by atoms with Crippen molar-refractivity contribution in [3.8, 4) is 0 Å². The van der Waals surface area contributed by atoms with Gasteiger partial charge in [-0.25, -0.2) is 20.2 Å². The second kappa shape index (κ2) is 5.45. The molecular weight excluding hydrogens is 227 g/mol. The van der Waals surface area contributed by atoms with Crippen molar-refractivity contribution in [2.45, 2.75) is 30.7 Å². The number of thioether (sulfide) groups is 1. The van der Waals surface area contributed by atoms with Crippen molar-refractivity contribution >= 4 is 17.7 Å². The van der Waals surface area contributed by atoms with Crippen molar-refractivity contribution in [3.05, 3.63) is 12.0 Å². The van der Waals surface area contributed by atoms with Gasteiger partial charge in [0.1, 0.15) is 5.03 Å². The minimum Gasteiger partial charge on any atom is -0.292 e. The molecular formula is C10H15FN4S. The van der Waals surface area contributed by atoms with E-state index in [1.165, 1.54) is 37.4 Å². The van der Waals surface area contributed by atoms with Gasteiger partial charge < -0.3 is 0 Å². The fourth-order valence-corrected chi connectivity index (χ4v) is 2.96. The van der Waals surface area contributed by atoms with Crippen molar-refractivity contribution in [2.75, 3.05) is 11.2 Å². The molecule has 1 aromatic heterocycles. The Hall–Kier alpha value is -0.880. The van der Waals surface area contributed by atoms with Gasteiger partial charge in [-0.3, -0.25) is 5.43 Å². The molecule has 0 saturated heterocycles. The molecule has 0 radical (unpaired) electrons. The molecule has 1 saturated carbocycles. The molecule has 2 rings (SSSR count). The number of hydrogen-bond acceptors (Lipinski definition) is 5. The van der Waals surface area contributed by atoms with Gasteiger partial charge in [-0.05, 0) is 18.8 Å². The Kier molecular flexibility index (Phi) is 3.95. The van der Waals surface area contributed by atoms with Crippen LogP contribution in [0.4, 0.5) is 10.3 Å². The van der Waals surface area contributed by atoms with Crippen LogP contribution < -0.4 is 11.3 Å². The number of nitrogens with two attached hydrogens (primary N) is 1. The highest BCUT2D eigenvalue weighted by atomic mass is 32.2. The Bertz CT molecular complexity index is 355. The molecule has 0 unspecified atom stereocenters. The van der Waals surface area contributed by atoms with Crippen molar-refractivity contribution in [1.29, 1.82) is 0 Å². The van der Waals surface area contributed by atoms with Crippen molar-refractivity contribution in [1.82, 2.24) is 9.97 Å². The summed E-state index contributed by atoms with van der Waals surface area (Å²) >= 11 is 1.45. The molecule has 0 aromatic carbocycles. The fraction of sp³-hybridized carbons (Fsp3) is 0.600. The fourth-order valence-electron chi connectivity index (χ4n) is 1.90. The molecule has 88 valence electrons. The third kappa shape index (κ3) is 2.82. The smallest absolute Gasteiger partial charge is 0.238 e. The van der Waals surface area contributed by atoms with Crippen LogP contribution in [0.15, 0.2) is 11.2 Å². The van der Waals surface area contributed by atoms with Gasteiger partial charge in [-0.2, -0.15) is 0 Å². The van der Waals surface area contributed by atoms with Gasteiger partial charge in [0.25, 0.3) is 0 Å². The molecule has 1 heterocycles. The number of aromatic nitrogens is 2. The standard InChI is InChI=1S/C10H15FN4S/c11-8-5-13-10(15-12)14-9(8)16-6-7-3-1-2-4-7/h5,7H,1-4,6,12H2,(H,13,14,15). The lowest BCUT2D eigenvalue weighted by Gasteiger charge is -2.08. The number of hydrogen-bond donors (Lipinski definition) is 2. The SMILES string of the molecule is NNc1ncc(F)c(SCC2CCCC2)n1. The quantitative estimate of drug-likeness (QED) is 0.367. The van der Waals surface area contributed by atoms with Gasteiger partial charge in [-0.15, -0.1) is 11.8 Å². The van der Waals surface area contributed by atoms with E-state index in [2.05, 4.69) is 15.4 Å². The average molecular weight is 242 g/mol. The van der Waals surface area contributed by atoms with Crippen molar-refractivity contribution in [2.24, 2.45) is 11.8 Å². The molecule has 6 heteroatoms. The lowest BCUT2D eigenvalue weighted by atomic mass is 10.1. The average Bonchev–Trinajstić information content (AvgIpc) is 2.81. The second-order valence-electron chi connectivity index (χ2n) is 3.95. The first-order valence-corrected chi connectivity index (χ1v) is 6.40. The number of nitrogens with zero attached hydrogens (tertiary/aromatic N) is 2. The van der Waals surface area contributed by atoms with Gasteiger partial charge in [-0.1, -0.05) is 12.8 Å². The van der Waals surface area contributed by atoms with E-state index in [0.29, 0.717) is 10.9 Å². The summed E-state index contributed by atoms with van der Waals surface area (Å²) in [5.41, 5.74) is 2.32. The summed E-state index contributed by atoms with van der Waals surface area (Å²) in [6, 6.07) is 0. The van der Waals surface area contributed by atoms with E-state index in [1.54, 1.807) is 0 Å². The molecule has 0 bridgehead atoms. The Morgan fingerprint density at radius 3 is 2.94 bits per heavy atom. The van der Waals surface area contributed by atoms with E-state index in [-0.39, 0.29) is 11.8 Å². The van der Waals surface area contributed by atoms with Gasteiger partial charge in [0, 0.05) is 5.75 Å². The van der Waals surface area contributed by atoms with E-state index in [4.69, 9.17) is 5.84 Å². The third-order valence-corrected chi connectivity index (χ3v) is 3.97. The molecule has 4 nitrogen and oxygen atoms in total. The molecule has 3 N–H and O–H groups in total. The summed E-state index contributed by atoms with van der Waals surface area (Å²) in [5.74, 6) is 6.70. The largest absolute Gasteiger partial charge is 0.292 e. The van der Waals surface area contributed by atoms with Crippen LogP contribution in [0.1, 0.15) is 25.7 Å². The number of hydrazine groups is 1. The molecule has 0 aliphatic heterocycles. The van der Waals surface area contributed by atoms with Crippen LogP contribution in [0.2, 0.25) is 0 Å². The molecule has 1 aromatic rings. The predicted octanol–water partition coefficient (Wildman–Crippen LogP) is 2.18. The minimum atomic E-state index is -0.373. The summed E-state index contributed by atoms with van der Waals surface area (Å²) in [4.78, 5) is 7.69. The van der Waals surface area contributed by atoms with Gasteiger partial charge >= 0.3 is 0 Å². The van der Waals surface area contributed by atoms with Crippen LogP contribution in [-0.2, 0) is 0 Å². The predicted molar refractivity (Wildman–Crippen MR) is 62.5 cm³/mol. The second-order valence-corrected chi connectivity index (χ2v) is 4.96. The van der Waals surface area contributed by atoms with E-state index >= 15 is 0 Å². The maximum Gasteiger partial charge on any atom is 0.238 e. The van der Waals surface area contributed by atoms with E-state index < -0.39 is 0 Å². The summed E-state index contributed by atoms with van der Waals surface area (Å²) in [6.07, 6.45) is 6.25. The summed E-state index contributed by atoms with van der Waals surface area (Å²) in [5, 5.41) is 0.384. The molecule has 1 aliphatic carbocycles. The number of halogens is 1. The molecule has 0 atom stereocenters. The molecule has 0 spiro atoms. The number of nitrogen functional groups attached to an aromatic ring is 1. The van der Waals surface area contributed by atoms with Gasteiger partial charge in [0.05, 0.1) is 6.20 Å². The van der Waals surface area contributed by atoms with Gasteiger partial charge in [0.2, 0.25) is 5.95 Å². The summed E-state index contributed by atoms with van der Waals surface area (Å²) in [7, 11) is 0. The maximum absolute atomic E-state index is 13.4. The Morgan fingerprint density at radius 1 is 1.50 bits per heavy atom. The zero-order valence-electron chi connectivity index (χ0n) is 8.95. The normalized spacial score (nSPS) is 16.6. The highest BCUT2D eigenvalue weighted by Crippen LogP contribution is 2.31. The monoisotopic (exact) mass is 242 g/mol. The van der Waals surface area contributed by atoms with Crippen molar-refractivity contribution < 1.29 is 4.39 Å². The van der Waals surface area contributed by atoms with Crippen LogP contribution in [0.25, 0.3) is 0 Å². The third-order valence-electron chi connectivity index (χ3n) is 2.77. The van der Waals surface area contributed by atoms with E-state index in [0.717, 1.165) is 11.9 Å². The number of nitrogens with one attached hydrogen (secondary N) is 1. The van der Waals surface area contributed by atoms with Crippen molar-refractivity contribution in [3.63, 3.8) is 0 Å². The van der Waals surface area contributed by atoms with Gasteiger partial charge in [0.15, 0.2) is 5.82 Å². The topological polar surface area (TPSA) is 63.8 Å². The molecule has 16 heavy (non-hydrogen) atoms. The van der Waals surface area contributed by atoms with Crippen LogP contribution in [-0.4, -0.2) is 15.7 Å². The molecule has 0 amide bonds. The lowest BCUT2D eigenvalue weighted by molar-refractivity contribution is 0.577. The highest BCUT2D eigenvalue weighted by molar-refractivity contribution is 7.99. The first kappa shape index (κ1) is 11.6. The Morgan fingerprint density at radius 2 is 2.25 bits per heavy atom. The first-order chi connectivity index (χ1) is 7.79. The zero-order chi connectivity index (χ0) is 11.4. The summed E-state index contributed by atoms with van der Waals surface area (Å²) in [6.45, 7) is 0. The van der Waals surface area contributed by atoms with Crippen LogP contribution in [0.3, 0.4) is 0 Å². The minimum absolute atomic E-state index is 0.260. The maximum atomic E-state index is 13.4. The molecule has 1 fully saturated rings. The van der Waals surface area contributed by atoms with Crippen LogP contribution in [0, 0.1) is 11.7 Å². The summed E-state index contributed by atoms with van der Waals surface area (Å²) < 4.78 is 13.4. The number of rotatable bonds is 4.